The topological polar surface area (TPSA) is 96.0 Å². The first-order valence-electron chi connectivity index (χ1n) is 12.7. The third kappa shape index (κ3) is 7.90. The fraction of sp³-hybridized carbons (Fsp3) is 0.310. The summed E-state index contributed by atoms with van der Waals surface area (Å²) in [7, 11) is -2.72. The van der Waals surface area contributed by atoms with Crippen molar-refractivity contribution in [2.45, 2.75) is 50.7 Å². The molecule has 0 heterocycles. The van der Waals surface area contributed by atoms with E-state index in [9.17, 15) is 18.0 Å². The van der Waals surface area contributed by atoms with Crippen LogP contribution < -0.4 is 14.4 Å². The van der Waals surface area contributed by atoms with Crippen LogP contribution in [0.3, 0.4) is 0 Å². The predicted octanol–water partition coefficient (Wildman–Crippen LogP) is 5.53. The Morgan fingerprint density at radius 3 is 1.98 bits per heavy atom. The van der Waals surface area contributed by atoms with Gasteiger partial charge in [-0.15, -0.1) is 0 Å². The molecule has 0 saturated heterocycles. The van der Waals surface area contributed by atoms with E-state index in [2.05, 4.69) is 5.32 Å². The summed E-state index contributed by atoms with van der Waals surface area (Å²) in [4.78, 5) is 28.3. The number of nitrogens with one attached hydrogen (secondary N) is 1. The lowest BCUT2D eigenvalue weighted by Crippen LogP contribution is -2.52. The van der Waals surface area contributed by atoms with Crippen molar-refractivity contribution in [3.8, 4) is 5.75 Å². The van der Waals surface area contributed by atoms with Gasteiger partial charge in [-0.25, -0.2) is 8.42 Å². The van der Waals surface area contributed by atoms with Crippen molar-refractivity contribution in [1.29, 1.82) is 0 Å². The van der Waals surface area contributed by atoms with E-state index in [-0.39, 0.29) is 29.1 Å². The molecule has 0 unspecified atom stereocenters. The summed E-state index contributed by atoms with van der Waals surface area (Å²) in [5.41, 5.74) is 0.980. The molecule has 40 heavy (non-hydrogen) atoms. The SMILES string of the molecule is CC[C@@H](C)NC(=O)[C@@H](C)N(Cc1ccc(Cl)cc1)C(=O)CN(c1ccc(Cl)cc1)S(=O)(=O)c1ccc(OC)cc1. The number of hydrogen-bond acceptors (Lipinski definition) is 5. The third-order valence-electron chi connectivity index (χ3n) is 6.48. The van der Waals surface area contributed by atoms with Gasteiger partial charge in [0.05, 0.1) is 17.7 Å². The number of hydrogen-bond donors (Lipinski definition) is 1. The number of sulfonamides is 1. The number of amides is 2. The Labute approximate surface area is 245 Å². The minimum absolute atomic E-state index is 0.0251. The number of ether oxygens (including phenoxy) is 1. The summed E-state index contributed by atoms with van der Waals surface area (Å²) in [6.45, 7) is 4.96. The highest BCUT2D eigenvalue weighted by molar-refractivity contribution is 7.92. The van der Waals surface area contributed by atoms with Gasteiger partial charge in [-0.3, -0.25) is 13.9 Å². The maximum Gasteiger partial charge on any atom is 0.264 e. The Morgan fingerprint density at radius 1 is 0.900 bits per heavy atom. The van der Waals surface area contributed by atoms with E-state index in [1.807, 2.05) is 13.8 Å². The number of carbonyl (C=O) groups excluding carboxylic acids is 2. The van der Waals surface area contributed by atoms with Crippen molar-refractivity contribution >= 4 is 50.7 Å². The van der Waals surface area contributed by atoms with Crippen LogP contribution in [-0.4, -0.2) is 50.9 Å². The number of carbonyl (C=O) groups is 2. The molecule has 2 atom stereocenters. The average molecular weight is 607 g/mol. The number of benzene rings is 3. The summed E-state index contributed by atoms with van der Waals surface area (Å²) in [6, 6.07) is 18.0. The van der Waals surface area contributed by atoms with E-state index in [1.54, 1.807) is 43.3 Å². The minimum Gasteiger partial charge on any atom is -0.497 e. The van der Waals surface area contributed by atoms with Crippen molar-refractivity contribution in [2.75, 3.05) is 18.0 Å². The molecular formula is C29H33Cl2N3O5S. The highest BCUT2D eigenvalue weighted by Gasteiger charge is 2.32. The molecule has 0 aliphatic heterocycles. The van der Waals surface area contributed by atoms with Crippen LogP contribution in [0.15, 0.2) is 77.7 Å². The fourth-order valence-corrected chi connectivity index (χ4v) is 5.51. The van der Waals surface area contributed by atoms with Crippen molar-refractivity contribution in [3.05, 3.63) is 88.4 Å². The molecule has 11 heteroatoms. The van der Waals surface area contributed by atoms with Crippen molar-refractivity contribution in [1.82, 2.24) is 10.2 Å². The normalized spacial score (nSPS) is 12.8. The smallest absolute Gasteiger partial charge is 0.264 e. The Bertz CT molecular complexity index is 1400. The molecule has 3 aromatic carbocycles. The molecule has 0 aliphatic rings. The van der Waals surface area contributed by atoms with E-state index < -0.39 is 28.5 Å². The molecule has 8 nitrogen and oxygen atoms in total. The highest BCUT2D eigenvalue weighted by Crippen LogP contribution is 2.27. The second kappa shape index (κ2) is 13.9. The molecule has 0 bridgehead atoms. The molecule has 1 N–H and O–H groups in total. The van der Waals surface area contributed by atoms with E-state index in [0.29, 0.717) is 22.2 Å². The maximum atomic E-state index is 13.9. The molecule has 0 aromatic heterocycles. The summed E-state index contributed by atoms with van der Waals surface area (Å²) in [5, 5.41) is 3.85. The Balaban J connectivity index is 2.01. The predicted molar refractivity (Wildman–Crippen MR) is 158 cm³/mol. The Kier molecular flexibility index (Phi) is 10.8. The number of rotatable bonds is 12. The van der Waals surface area contributed by atoms with Crippen LogP contribution in [0.1, 0.15) is 32.8 Å². The molecule has 2 amide bonds. The van der Waals surface area contributed by atoms with Gasteiger partial charge in [0.15, 0.2) is 0 Å². The molecule has 3 aromatic rings. The first-order chi connectivity index (χ1) is 19.0. The Morgan fingerprint density at radius 2 is 1.45 bits per heavy atom. The van der Waals surface area contributed by atoms with Crippen molar-refractivity contribution in [3.63, 3.8) is 0 Å². The van der Waals surface area contributed by atoms with E-state index in [4.69, 9.17) is 27.9 Å². The molecule has 0 fully saturated rings. The van der Waals surface area contributed by atoms with Crippen LogP contribution >= 0.6 is 23.2 Å². The molecule has 0 saturated carbocycles. The highest BCUT2D eigenvalue weighted by atomic mass is 35.5. The van der Waals surface area contributed by atoms with Gasteiger partial charge in [-0.1, -0.05) is 42.3 Å². The van der Waals surface area contributed by atoms with Gasteiger partial charge in [0, 0.05) is 22.6 Å². The quantitative estimate of drug-likeness (QED) is 0.293. The zero-order valence-corrected chi connectivity index (χ0v) is 25.1. The summed E-state index contributed by atoms with van der Waals surface area (Å²) < 4.78 is 33.9. The number of nitrogens with zero attached hydrogens (tertiary/aromatic N) is 2. The summed E-state index contributed by atoms with van der Waals surface area (Å²) in [6.07, 6.45) is 0.716. The first-order valence-corrected chi connectivity index (χ1v) is 14.9. The summed E-state index contributed by atoms with van der Waals surface area (Å²) >= 11 is 12.1. The van der Waals surface area contributed by atoms with Gasteiger partial charge in [0.2, 0.25) is 11.8 Å². The standard InChI is InChI=1S/C29H33Cl2N3O5S/c1-5-20(2)32-29(36)21(3)33(18-22-6-8-23(30)9-7-22)28(35)19-34(25-12-10-24(31)11-13-25)40(37,38)27-16-14-26(39-4)15-17-27/h6-17,20-21H,5,18-19H2,1-4H3,(H,32,36)/t20-,21-/m1/s1. The largest absolute Gasteiger partial charge is 0.497 e. The second-order valence-corrected chi connectivity index (χ2v) is 12.0. The monoisotopic (exact) mass is 605 g/mol. The fourth-order valence-electron chi connectivity index (χ4n) is 3.85. The molecule has 0 aliphatic carbocycles. The zero-order valence-electron chi connectivity index (χ0n) is 22.8. The van der Waals surface area contributed by atoms with Gasteiger partial charge < -0.3 is 15.0 Å². The maximum absolute atomic E-state index is 13.9. The van der Waals surface area contributed by atoms with Gasteiger partial charge in [0.25, 0.3) is 10.0 Å². The van der Waals surface area contributed by atoms with Crippen molar-refractivity contribution < 1.29 is 22.7 Å². The van der Waals surface area contributed by atoms with E-state index in [0.717, 1.165) is 9.87 Å². The molecule has 0 radical (unpaired) electrons. The van der Waals surface area contributed by atoms with Gasteiger partial charge >= 0.3 is 0 Å². The van der Waals surface area contributed by atoms with Crippen LogP contribution in [0.4, 0.5) is 5.69 Å². The number of methoxy groups -OCH3 is 1. The zero-order chi connectivity index (χ0) is 29.4. The lowest BCUT2D eigenvalue weighted by atomic mass is 10.1. The molecule has 0 spiro atoms. The second-order valence-electron chi connectivity index (χ2n) is 9.31. The van der Waals surface area contributed by atoms with Crippen LogP contribution in [0.2, 0.25) is 10.0 Å². The molecule has 3 rings (SSSR count). The third-order valence-corrected chi connectivity index (χ3v) is 8.77. The number of halogens is 2. The van der Waals surface area contributed by atoms with Crippen LogP contribution in [0.25, 0.3) is 0 Å². The van der Waals surface area contributed by atoms with E-state index in [1.165, 1.54) is 48.4 Å². The lowest BCUT2D eigenvalue weighted by molar-refractivity contribution is -0.139. The Hall–Kier alpha value is -3.27. The molecular weight excluding hydrogens is 573 g/mol. The van der Waals surface area contributed by atoms with Gasteiger partial charge in [0.1, 0.15) is 18.3 Å². The lowest BCUT2D eigenvalue weighted by Gasteiger charge is -2.32. The van der Waals surface area contributed by atoms with Crippen LogP contribution in [0, 0.1) is 0 Å². The van der Waals surface area contributed by atoms with Crippen LogP contribution in [0.5, 0.6) is 5.75 Å². The average Bonchev–Trinajstić information content (AvgIpc) is 2.95. The van der Waals surface area contributed by atoms with Gasteiger partial charge in [-0.2, -0.15) is 0 Å². The number of anilines is 1. The van der Waals surface area contributed by atoms with Crippen molar-refractivity contribution in [2.24, 2.45) is 0 Å². The first kappa shape index (κ1) is 31.3. The minimum atomic E-state index is -4.20. The van der Waals surface area contributed by atoms with Crippen LogP contribution in [-0.2, 0) is 26.2 Å². The van der Waals surface area contributed by atoms with E-state index >= 15 is 0 Å². The van der Waals surface area contributed by atoms with Gasteiger partial charge in [-0.05, 0) is 86.5 Å². The molecule has 214 valence electrons. The summed E-state index contributed by atoms with van der Waals surface area (Å²) in [5.74, 6) is -0.412.